The van der Waals surface area contributed by atoms with E-state index in [2.05, 4.69) is 24.8 Å². The highest BCUT2D eigenvalue weighted by Gasteiger charge is 2.55. The predicted molar refractivity (Wildman–Crippen MR) is 97.6 cm³/mol. The first-order valence-corrected chi connectivity index (χ1v) is 9.77. The minimum atomic E-state index is -0.822. The molecule has 1 atom stereocenters. The van der Waals surface area contributed by atoms with Crippen LogP contribution >= 0.6 is 0 Å². The van der Waals surface area contributed by atoms with E-state index < -0.39 is 17.6 Å². The second kappa shape index (κ2) is 7.64. The molecule has 8 nitrogen and oxygen atoms in total. The molecule has 3 heterocycles. The Labute approximate surface area is 160 Å². The number of hydrogen-bond donors (Lipinski definition) is 1. The molecule has 2 bridgehead atoms. The summed E-state index contributed by atoms with van der Waals surface area (Å²) in [6, 6.07) is 2.38. The summed E-state index contributed by atoms with van der Waals surface area (Å²) in [6.07, 6.45) is 3.01. The van der Waals surface area contributed by atoms with Gasteiger partial charge in [-0.2, -0.15) is 5.26 Å². The standard InChI is InChI=1S/C19H30N4O4/c1-18(2,22-7-9-26-10-8-22)11-14(12-20)16(24)23-15-3-5-19(23,6-4-15)13-27-17(21)25/h14-15H,3-11,13H2,1-2H3,(H2,21,25). The van der Waals surface area contributed by atoms with E-state index in [4.69, 9.17) is 15.2 Å². The molecule has 0 saturated carbocycles. The fourth-order valence-corrected chi connectivity index (χ4v) is 5.01. The van der Waals surface area contributed by atoms with Crippen LogP contribution in [-0.2, 0) is 14.3 Å². The molecular weight excluding hydrogens is 348 g/mol. The third kappa shape index (κ3) is 3.90. The van der Waals surface area contributed by atoms with Gasteiger partial charge in [-0.1, -0.05) is 0 Å². The first-order chi connectivity index (χ1) is 12.8. The fourth-order valence-electron chi connectivity index (χ4n) is 5.01. The van der Waals surface area contributed by atoms with Crippen molar-refractivity contribution in [1.29, 1.82) is 5.26 Å². The van der Waals surface area contributed by atoms with Crippen molar-refractivity contribution in [2.24, 2.45) is 11.7 Å². The van der Waals surface area contributed by atoms with Crippen molar-refractivity contribution in [2.75, 3.05) is 32.9 Å². The Bertz CT molecular complexity index is 616. The number of ether oxygens (including phenoxy) is 2. The molecule has 3 aliphatic rings. The normalized spacial score (nSPS) is 29.4. The van der Waals surface area contributed by atoms with E-state index in [0.717, 1.165) is 38.8 Å². The fraction of sp³-hybridized carbons (Fsp3) is 0.842. The summed E-state index contributed by atoms with van der Waals surface area (Å²) in [6.45, 7) is 7.26. The quantitative estimate of drug-likeness (QED) is 0.745. The first kappa shape index (κ1) is 19.9. The van der Waals surface area contributed by atoms with Gasteiger partial charge < -0.3 is 20.1 Å². The molecule has 0 aliphatic carbocycles. The Kier molecular flexibility index (Phi) is 5.63. The molecule has 0 radical (unpaired) electrons. The molecular formula is C19H30N4O4. The van der Waals surface area contributed by atoms with Crippen molar-refractivity contribution in [2.45, 2.75) is 63.1 Å². The van der Waals surface area contributed by atoms with Gasteiger partial charge in [-0.05, 0) is 46.0 Å². The Hall–Kier alpha value is -1.85. The van der Waals surface area contributed by atoms with Crippen molar-refractivity contribution >= 4 is 12.0 Å². The van der Waals surface area contributed by atoms with E-state index in [1.54, 1.807) is 0 Å². The monoisotopic (exact) mass is 378 g/mol. The highest BCUT2D eigenvalue weighted by molar-refractivity contribution is 5.83. The zero-order valence-electron chi connectivity index (χ0n) is 16.3. The van der Waals surface area contributed by atoms with Crippen LogP contribution in [0.4, 0.5) is 4.79 Å². The molecule has 3 fully saturated rings. The van der Waals surface area contributed by atoms with E-state index in [0.29, 0.717) is 19.6 Å². The summed E-state index contributed by atoms with van der Waals surface area (Å²) in [5.41, 5.74) is 4.38. The molecule has 2 N–H and O–H groups in total. The van der Waals surface area contributed by atoms with Crippen LogP contribution in [0.1, 0.15) is 46.0 Å². The van der Waals surface area contributed by atoms with Crippen LogP contribution in [0.2, 0.25) is 0 Å². The smallest absolute Gasteiger partial charge is 0.404 e. The Morgan fingerprint density at radius 2 is 1.96 bits per heavy atom. The number of carbonyl (C=O) groups is 2. The third-order valence-electron chi connectivity index (χ3n) is 6.51. The Morgan fingerprint density at radius 1 is 1.33 bits per heavy atom. The maximum Gasteiger partial charge on any atom is 0.404 e. The number of nitriles is 1. The number of nitrogens with zero attached hydrogens (tertiary/aromatic N) is 3. The molecule has 0 aromatic rings. The van der Waals surface area contributed by atoms with Crippen LogP contribution in [0.25, 0.3) is 0 Å². The highest BCUT2D eigenvalue weighted by atomic mass is 16.5. The maximum atomic E-state index is 13.3. The maximum absolute atomic E-state index is 13.3. The van der Waals surface area contributed by atoms with Gasteiger partial charge in [0.05, 0.1) is 24.8 Å². The van der Waals surface area contributed by atoms with Crippen molar-refractivity contribution < 1.29 is 19.1 Å². The number of fused-ring (bicyclic) bond motifs is 2. The average molecular weight is 378 g/mol. The molecule has 150 valence electrons. The molecule has 8 heteroatoms. The highest BCUT2D eigenvalue weighted by Crippen LogP contribution is 2.47. The number of nitrogens with two attached hydrogens (primary N) is 1. The number of hydrogen-bond acceptors (Lipinski definition) is 6. The van der Waals surface area contributed by atoms with Gasteiger partial charge in [0.15, 0.2) is 0 Å². The lowest BCUT2D eigenvalue weighted by molar-refractivity contribution is -0.140. The minimum Gasteiger partial charge on any atom is -0.447 e. The lowest BCUT2D eigenvalue weighted by Crippen LogP contribution is -2.54. The van der Waals surface area contributed by atoms with Gasteiger partial charge in [0, 0.05) is 24.7 Å². The van der Waals surface area contributed by atoms with Gasteiger partial charge in [0.1, 0.15) is 12.5 Å². The van der Waals surface area contributed by atoms with E-state index in [1.165, 1.54) is 0 Å². The molecule has 3 saturated heterocycles. The van der Waals surface area contributed by atoms with Crippen LogP contribution in [0.3, 0.4) is 0 Å². The molecule has 27 heavy (non-hydrogen) atoms. The number of rotatable bonds is 6. The largest absolute Gasteiger partial charge is 0.447 e. The predicted octanol–water partition coefficient (Wildman–Crippen LogP) is 1.25. The molecule has 2 amide bonds. The second-order valence-corrected chi connectivity index (χ2v) is 8.57. The summed E-state index contributed by atoms with van der Waals surface area (Å²) in [5, 5.41) is 9.77. The summed E-state index contributed by atoms with van der Waals surface area (Å²) >= 11 is 0. The second-order valence-electron chi connectivity index (χ2n) is 8.57. The molecule has 1 unspecified atom stereocenters. The van der Waals surface area contributed by atoms with E-state index >= 15 is 0 Å². The number of amides is 2. The van der Waals surface area contributed by atoms with Gasteiger partial charge in [-0.25, -0.2) is 4.79 Å². The van der Waals surface area contributed by atoms with E-state index in [1.807, 2.05) is 4.90 Å². The van der Waals surface area contributed by atoms with E-state index in [9.17, 15) is 14.9 Å². The zero-order chi connectivity index (χ0) is 19.7. The van der Waals surface area contributed by atoms with Gasteiger partial charge >= 0.3 is 6.09 Å². The Balaban J connectivity index is 1.72. The van der Waals surface area contributed by atoms with Crippen LogP contribution in [0.5, 0.6) is 0 Å². The average Bonchev–Trinajstić information content (AvgIpc) is 3.20. The van der Waals surface area contributed by atoms with Crippen molar-refractivity contribution in [3.8, 4) is 6.07 Å². The first-order valence-electron chi connectivity index (χ1n) is 9.77. The lowest BCUT2D eigenvalue weighted by Gasteiger charge is -2.42. The molecule has 3 rings (SSSR count). The van der Waals surface area contributed by atoms with Gasteiger partial charge in [0.25, 0.3) is 0 Å². The van der Waals surface area contributed by atoms with Crippen LogP contribution in [0, 0.1) is 17.2 Å². The topological polar surface area (TPSA) is 109 Å². The molecule has 0 aromatic carbocycles. The lowest BCUT2D eigenvalue weighted by atomic mass is 9.86. The minimum absolute atomic E-state index is 0.121. The number of carbonyl (C=O) groups excluding carboxylic acids is 2. The van der Waals surface area contributed by atoms with Gasteiger partial charge in [-0.3, -0.25) is 9.69 Å². The van der Waals surface area contributed by atoms with E-state index in [-0.39, 0.29) is 24.1 Å². The van der Waals surface area contributed by atoms with Crippen molar-refractivity contribution in [3.63, 3.8) is 0 Å². The van der Waals surface area contributed by atoms with Crippen LogP contribution in [-0.4, -0.2) is 71.8 Å². The molecule has 3 aliphatic heterocycles. The van der Waals surface area contributed by atoms with Crippen LogP contribution in [0.15, 0.2) is 0 Å². The summed E-state index contributed by atoms with van der Waals surface area (Å²) in [5.74, 6) is -0.846. The molecule has 0 spiro atoms. The Morgan fingerprint density at radius 3 is 2.52 bits per heavy atom. The van der Waals surface area contributed by atoms with Gasteiger partial charge in [0.2, 0.25) is 5.91 Å². The molecule has 0 aromatic heterocycles. The van der Waals surface area contributed by atoms with Crippen molar-refractivity contribution in [3.05, 3.63) is 0 Å². The number of primary amides is 1. The summed E-state index contributed by atoms with van der Waals surface area (Å²) in [7, 11) is 0. The third-order valence-corrected chi connectivity index (χ3v) is 6.51. The SMILES string of the molecule is CC(C)(CC(C#N)C(=O)N1C2CCC1(COC(N)=O)CC2)N1CCOCC1. The van der Waals surface area contributed by atoms with Crippen LogP contribution < -0.4 is 5.73 Å². The summed E-state index contributed by atoms with van der Waals surface area (Å²) in [4.78, 5) is 28.6. The van der Waals surface area contributed by atoms with Gasteiger partial charge in [-0.15, -0.1) is 0 Å². The summed E-state index contributed by atoms with van der Waals surface area (Å²) < 4.78 is 10.5. The van der Waals surface area contributed by atoms with Crippen molar-refractivity contribution in [1.82, 2.24) is 9.80 Å². The number of morpholine rings is 1. The zero-order valence-corrected chi connectivity index (χ0v) is 16.3.